The van der Waals surface area contributed by atoms with Crippen LogP contribution in [0.1, 0.15) is 264 Å². The van der Waals surface area contributed by atoms with Gasteiger partial charge in [-0.05, 0) is 57.8 Å². The standard InChI is InChI=1S/C53H99NO5/c1-3-5-7-9-11-13-14-23-27-31-35-39-43-47-53(58)59-48-44-40-36-32-28-25-22-20-18-16-15-17-19-21-24-26-30-34-38-42-46-52(57)54-50(49-55)51(56)45-41-37-33-29-12-10-8-6-4-2/h7,9,13-14,41,45,50-51,55-56H,3-6,8,10-12,15-40,42-44,46-49H2,1-2H3,(H,54,57)/b9-7-,14-13-,45-41+. The summed E-state index contributed by atoms with van der Waals surface area (Å²) in [6.07, 6.45) is 58.7. The Hall–Kier alpha value is -1.92. The zero-order chi connectivity index (χ0) is 43.0. The van der Waals surface area contributed by atoms with Gasteiger partial charge in [-0.1, -0.05) is 230 Å². The van der Waals surface area contributed by atoms with E-state index in [1.165, 1.54) is 186 Å². The third-order valence-electron chi connectivity index (χ3n) is 11.6. The number of carbonyl (C=O) groups is 2. The zero-order valence-electron chi connectivity index (χ0n) is 39.2. The van der Waals surface area contributed by atoms with E-state index >= 15 is 0 Å². The Bertz CT molecular complexity index is 962. The molecular weight excluding hydrogens is 731 g/mol. The number of unbranched alkanes of at least 4 members (excludes halogenated alkanes) is 32. The molecule has 2 atom stereocenters. The number of allylic oxidation sites excluding steroid dienone is 5. The van der Waals surface area contributed by atoms with Crippen LogP contribution in [0, 0.1) is 0 Å². The quantitative estimate of drug-likeness (QED) is 0.0323. The summed E-state index contributed by atoms with van der Waals surface area (Å²) in [4.78, 5) is 24.4. The Kier molecular flexibility index (Phi) is 47.2. The van der Waals surface area contributed by atoms with Gasteiger partial charge in [0.05, 0.1) is 25.4 Å². The van der Waals surface area contributed by atoms with Crippen molar-refractivity contribution in [3.8, 4) is 0 Å². The molecule has 0 spiro atoms. The first-order valence-corrected chi connectivity index (χ1v) is 25.8. The maximum Gasteiger partial charge on any atom is 0.305 e. The molecule has 6 heteroatoms. The SMILES string of the molecule is CCC/C=C\C/C=C\CCCCCCCC(=O)OCCCCCCCCCCCCCCCCCCCCCCC(=O)NC(CO)C(O)/C=C/CCCCCCCCC. The van der Waals surface area contributed by atoms with Crippen molar-refractivity contribution in [3.05, 3.63) is 36.5 Å². The molecule has 0 aromatic rings. The zero-order valence-corrected chi connectivity index (χ0v) is 39.2. The van der Waals surface area contributed by atoms with Crippen LogP contribution < -0.4 is 5.32 Å². The summed E-state index contributed by atoms with van der Waals surface area (Å²) in [5.41, 5.74) is 0. The molecule has 0 fully saturated rings. The lowest BCUT2D eigenvalue weighted by Crippen LogP contribution is -2.45. The van der Waals surface area contributed by atoms with Crippen molar-refractivity contribution >= 4 is 11.9 Å². The Morgan fingerprint density at radius 2 is 0.881 bits per heavy atom. The van der Waals surface area contributed by atoms with Crippen molar-refractivity contribution in [2.75, 3.05) is 13.2 Å². The van der Waals surface area contributed by atoms with Gasteiger partial charge in [-0.25, -0.2) is 0 Å². The third-order valence-corrected chi connectivity index (χ3v) is 11.6. The predicted molar refractivity (Wildman–Crippen MR) is 255 cm³/mol. The molecule has 3 N–H and O–H groups in total. The number of esters is 1. The topological polar surface area (TPSA) is 95.9 Å². The first-order valence-electron chi connectivity index (χ1n) is 25.8. The molecule has 0 aliphatic carbocycles. The summed E-state index contributed by atoms with van der Waals surface area (Å²) in [5.74, 6) is -0.0799. The summed E-state index contributed by atoms with van der Waals surface area (Å²) >= 11 is 0. The number of hydrogen-bond acceptors (Lipinski definition) is 5. The van der Waals surface area contributed by atoms with Crippen molar-refractivity contribution in [2.24, 2.45) is 0 Å². The molecule has 346 valence electrons. The molecule has 0 aromatic heterocycles. The van der Waals surface area contributed by atoms with Gasteiger partial charge in [0.2, 0.25) is 5.91 Å². The smallest absolute Gasteiger partial charge is 0.305 e. The fraction of sp³-hybridized carbons (Fsp3) is 0.849. The van der Waals surface area contributed by atoms with E-state index < -0.39 is 12.1 Å². The predicted octanol–water partition coefficient (Wildman–Crippen LogP) is 15.3. The number of ether oxygens (including phenoxy) is 1. The lowest BCUT2D eigenvalue weighted by atomic mass is 10.0. The Morgan fingerprint density at radius 1 is 0.475 bits per heavy atom. The largest absolute Gasteiger partial charge is 0.466 e. The molecule has 2 unspecified atom stereocenters. The van der Waals surface area contributed by atoms with Crippen molar-refractivity contribution in [3.63, 3.8) is 0 Å². The van der Waals surface area contributed by atoms with Crippen molar-refractivity contribution in [1.82, 2.24) is 5.32 Å². The molecule has 0 aliphatic rings. The average Bonchev–Trinajstić information content (AvgIpc) is 3.24. The lowest BCUT2D eigenvalue weighted by Gasteiger charge is -2.20. The maximum atomic E-state index is 12.4. The van der Waals surface area contributed by atoms with Crippen LogP contribution in [0.5, 0.6) is 0 Å². The summed E-state index contributed by atoms with van der Waals surface area (Å²) < 4.78 is 5.45. The van der Waals surface area contributed by atoms with Crippen molar-refractivity contribution < 1.29 is 24.5 Å². The Balaban J connectivity index is 3.39. The number of aliphatic hydroxyl groups is 2. The van der Waals surface area contributed by atoms with Crippen LogP contribution in [0.25, 0.3) is 0 Å². The molecular formula is C53H99NO5. The third kappa shape index (κ3) is 45.4. The van der Waals surface area contributed by atoms with Crippen LogP contribution in [0.2, 0.25) is 0 Å². The van der Waals surface area contributed by atoms with E-state index in [1.54, 1.807) is 6.08 Å². The molecule has 1 amide bonds. The molecule has 6 nitrogen and oxygen atoms in total. The van der Waals surface area contributed by atoms with Gasteiger partial charge >= 0.3 is 5.97 Å². The number of rotatable bonds is 47. The molecule has 59 heavy (non-hydrogen) atoms. The maximum absolute atomic E-state index is 12.4. The minimum absolute atomic E-state index is 0.00633. The van der Waals surface area contributed by atoms with Crippen LogP contribution in [0.3, 0.4) is 0 Å². The number of carbonyl (C=O) groups excluding carboxylic acids is 2. The molecule has 0 saturated heterocycles. The van der Waals surface area contributed by atoms with E-state index in [1.807, 2.05) is 6.08 Å². The first kappa shape index (κ1) is 57.1. The highest BCUT2D eigenvalue weighted by Crippen LogP contribution is 2.16. The van der Waals surface area contributed by atoms with Crippen molar-refractivity contribution in [1.29, 1.82) is 0 Å². The fourth-order valence-electron chi connectivity index (χ4n) is 7.67. The summed E-state index contributed by atoms with van der Waals surface area (Å²) in [6, 6.07) is -0.627. The minimum atomic E-state index is -0.843. The monoisotopic (exact) mass is 830 g/mol. The molecule has 0 saturated carbocycles. The van der Waals surface area contributed by atoms with Crippen LogP contribution in [0.15, 0.2) is 36.5 Å². The summed E-state index contributed by atoms with van der Waals surface area (Å²) in [6.45, 7) is 4.79. The summed E-state index contributed by atoms with van der Waals surface area (Å²) in [7, 11) is 0. The van der Waals surface area contributed by atoms with E-state index in [9.17, 15) is 19.8 Å². The van der Waals surface area contributed by atoms with Crippen LogP contribution >= 0.6 is 0 Å². The second-order valence-electron chi connectivity index (χ2n) is 17.5. The van der Waals surface area contributed by atoms with Gasteiger partial charge in [-0.2, -0.15) is 0 Å². The number of nitrogens with one attached hydrogen (secondary N) is 1. The first-order chi connectivity index (χ1) is 29.0. The number of hydrogen-bond donors (Lipinski definition) is 3. The van der Waals surface area contributed by atoms with Gasteiger partial charge in [0.25, 0.3) is 0 Å². The second kappa shape index (κ2) is 48.7. The van der Waals surface area contributed by atoms with E-state index in [4.69, 9.17) is 4.74 Å². The van der Waals surface area contributed by atoms with E-state index in [-0.39, 0.29) is 18.5 Å². The highest BCUT2D eigenvalue weighted by Gasteiger charge is 2.18. The van der Waals surface area contributed by atoms with Gasteiger partial charge in [0, 0.05) is 12.8 Å². The van der Waals surface area contributed by atoms with Crippen LogP contribution in [-0.4, -0.2) is 47.4 Å². The Morgan fingerprint density at radius 3 is 1.36 bits per heavy atom. The average molecular weight is 830 g/mol. The van der Waals surface area contributed by atoms with Gasteiger partial charge in [-0.3, -0.25) is 9.59 Å². The molecule has 0 heterocycles. The Labute approximate surface area is 366 Å². The van der Waals surface area contributed by atoms with Gasteiger partial charge in [0.15, 0.2) is 0 Å². The highest BCUT2D eigenvalue weighted by atomic mass is 16.5. The van der Waals surface area contributed by atoms with Gasteiger partial charge < -0.3 is 20.3 Å². The summed E-state index contributed by atoms with van der Waals surface area (Å²) in [5, 5.41) is 22.9. The highest BCUT2D eigenvalue weighted by molar-refractivity contribution is 5.76. The molecule has 0 aromatic carbocycles. The van der Waals surface area contributed by atoms with E-state index in [0.717, 1.165) is 51.4 Å². The fourth-order valence-corrected chi connectivity index (χ4v) is 7.67. The van der Waals surface area contributed by atoms with E-state index in [0.29, 0.717) is 19.4 Å². The lowest BCUT2D eigenvalue weighted by molar-refractivity contribution is -0.143. The molecule has 0 bridgehead atoms. The second-order valence-corrected chi connectivity index (χ2v) is 17.5. The molecule has 0 aliphatic heterocycles. The van der Waals surface area contributed by atoms with Crippen LogP contribution in [-0.2, 0) is 14.3 Å². The number of aliphatic hydroxyl groups excluding tert-OH is 2. The van der Waals surface area contributed by atoms with E-state index in [2.05, 4.69) is 43.5 Å². The molecule has 0 radical (unpaired) electrons. The minimum Gasteiger partial charge on any atom is -0.466 e. The molecule has 0 rings (SSSR count). The van der Waals surface area contributed by atoms with Crippen molar-refractivity contribution in [2.45, 2.75) is 276 Å². The normalized spacial score (nSPS) is 12.9. The van der Waals surface area contributed by atoms with Gasteiger partial charge in [0.1, 0.15) is 0 Å². The number of amides is 1. The van der Waals surface area contributed by atoms with Crippen LogP contribution in [0.4, 0.5) is 0 Å². The van der Waals surface area contributed by atoms with Gasteiger partial charge in [-0.15, -0.1) is 0 Å².